The lowest BCUT2D eigenvalue weighted by atomic mass is 9.99. The third-order valence-electron chi connectivity index (χ3n) is 2.28. The van der Waals surface area contributed by atoms with Crippen molar-refractivity contribution in [2.45, 2.75) is 45.7 Å². The zero-order chi connectivity index (χ0) is 11.5. The lowest BCUT2D eigenvalue weighted by Crippen LogP contribution is -2.34. The summed E-state index contributed by atoms with van der Waals surface area (Å²) in [5.41, 5.74) is 4.98. The third kappa shape index (κ3) is 3.33. The standard InChI is InChI=1S/C10H17N5/c1-8-13-9(2)15(14-8)6-4-5-10(3,12)7-11/h4-6,12H2,1-3H3. The smallest absolute Gasteiger partial charge is 0.147 e. The lowest BCUT2D eigenvalue weighted by molar-refractivity contribution is 0.466. The Morgan fingerprint density at radius 1 is 1.53 bits per heavy atom. The van der Waals surface area contributed by atoms with Crippen LogP contribution in [0.2, 0.25) is 0 Å². The van der Waals surface area contributed by atoms with Gasteiger partial charge in [0.05, 0.1) is 6.07 Å². The number of nitriles is 1. The van der Waals surface area contributed by atoms with Crippen molar-refractivity contribution in [3.63, 3.8) is 0 Å². The molecule has 1 rings (SSSR count). The Morgan fingerprint density at radius 2 is 2.20 bits per heavy atom. The fourth-order valence-electron chi connectivity index (χ4n) is 1.43. The summed E-state index contributed by atoms with van der Waals surface area (Å²) in [5.74, 6) is 1.69. The minimum absolute atomic E-state index is 0.668. The molecule has 0 saturated heterocycles. The first-order chi connectivity index (χ1) is 6.94. The Balaban J connectivity index is 2.46. The Labute approximate surface area is 89.9 Å². The molecular formula is C10H17N5. The van der Waals surface area contributed by atoms with E-state index in [0.717, 1.165) is 24.6 Å². The minimum Gasteiger partial charge on any atom is -0.314 e. The van der Waals surface area contributed by atoms with E-state index in [0.29, 0.717) is 6.42 Å². The second kappa shape index (κ2) is 4.41. The molecule has 1 aromatic rings. The summed E-state index contributed by atoms with van der Waals surface area (Å²) in [4.78, 5) is 4.20. The van der Waals surface area contributed by atoms with Gasteiger partial charge in [-0.15, -0.1) is 0 Å². The first kappa shape index (κ1) is 11.7. The molecule has 0 fully saturated rings. The molecule has 15 heavy (non-hydrogen) atoms. The molecule has 0 aliphatic rings. The summed E-state index contributed by atoms with van der Waals surface area (Å²) >= 11 is 0. The van der Waals surface area contributed by atoms with Crippen LogP contribution in [-0.4, -0.2) is 20.3 Å². The molecule has 0 spiro atoms. The van der Waals surface area contributed by atoms with Gasteiger partial charge in [0, 0.05) is 6.54 Å². The normalized spacial score (nSPS) is 14.6. The molecule has 5 heteroatoms. The summed E-state index contributed by atoms with van der Waals surface area (Å²) in [6.45, 7) is 6.30. The number of rotatable bonds is 4. The second-order valence-corrected chi connectivity index (χ2v) is 4.06. The van der Waals surface area contributed by atoms with E-state index in [9.17, 15) is 0 Å². The molecule has 2 N–H and O–H groups in total. The number of hydrogen-bond acceptors (Lipinski definition) is 4. The van der Waals surface area contributed by atoms with Gasteiger partial charge in [0.2, 0.25) is 0 Å². The number of aryl methyl sites for hydroxylation is 3. The van der Waals surface area contributed by atoms with Crippen LogP contribution in [-0.2, 0) is 6.54 Å². The maximum Gasteiger partial charge on any atom is 0.147 e. The van der Waals surface area contributed by atoms with Gasteiger partial charge in [-0.3, -0.25) is 4.68 Å². The quantitative estimate of drug-likeness (QED) is 0.796. The summed E-state index contributed by atoms with van der Waals surface area (Å²) in [6, 6.07) is 2.08. The third-order valence-corrected chi connectivity index (χ3v) is 2.28. The number of hydrogen-bond donors (Lipinski definition) is 1. The van der Waals surface area contributed by atoms with Crippen LogP contribution in [0.1, 0.15) is 31.4 Å². The fourth-order valence-corrected chi connectivity index (χ4v) is 1.43. The Hall–Kier alpha value is -1.41. The first-order valence-electron chi connectivity index (χ1n) is 5.03. The van der Waals surface area contributed by atoms with E-state index in [1.807, 2.05) is 18.5 Å². The second-order valence-electron chi connectivity index (χ2n) is 4.06. The van der Waals surface area contributed by atoms with E-state index in [4.69, 9.17) is 11.0 Å². The van der Waals surface area contributed by atoms with Crippen LogP contribution in [0, 0.1) is 25.2 Å². The highest BCUT2D eigenvalue weighted by Crippen LogP contribution is 2.08. The van der Waals surface area contributed by atoms with Gasteiger partial charge < -0.3 is 5.73 Å². The zero-order valence-electron chi connectivity index (χ0n) is 9.49. The highest BCUT2D eigenvalue weighted by Gasteiger charge is 2.16. The Morgan fingerprint density at radius 3 is 2.67 bits per heavy atom. The highest BCUT2D eigenvalue weighted by molar-refractivity contribution is 5.00. The van der Waals surface area contributed by atoms with Gasteiger partial charge in [0.1, 0.15) is 17.2 Å². The summed E-state index contributed by atoms with van der Waals surface area (Å²) in [6.07, 6.45) is 1.51. The van der Waals surface area contributed by atoms with Crippen molar-refractivity contribution in [1.29, 1.82) is 5.26 Å². The fraction of sp³-hybridized carbons (Fsp3) is 0.700. The van der Waals surface area contributed by atoms with E-state index in [1.54, 1.807) is 6.92 Å². The van der Waals surface area contributed by atoms with Gasteiger partial charge in [-0.25, -0.2) is 4.98 Å². The van der Waals surface area contributed by atoms with Crippen LogP contribution in [0.3, 0.4) is 0 Å². The average Bonchev–Trinajstić information content (AvgIpc) is 2.45. The number of nitrogens with zero attached hydrogens (tertiary/aromatic N) is 4. The molecular weight excluding hydrogens is 190 g/mol. The van der Waals surface area contributed by atoms with Gasteiger partial charge >= 0.3 is 0 Å². The van der Waals surface area contributed by atoms with Crippen molar-refractivity contribution in [3.8, 4) is 6.07 Å². The van der Waals surface area contributed by atoms with Crippen molar-refractivity contribution in [2.75, 3.05) is 0 Å². The lowest BCUT2D eigenvalue weighted by Gasteiger charge is -2.14. The molecule has 0 amide bonds. The van der Waals surface area contributed by atoms with E-state index < -0.39 is 5.54 Å². The first-order valence-corrected chi connectivity index (χ1v) is 5.03. The molecule has 1 atom stereocenters. The molecule has 0 radical (unpaired) electrons. The molecule has 1 aromatic heterocycles. The molecule has 0 aliphatic heterocycles. The van der Waals surface area contributed by atoms with Crippen molar-refractivity contribution >= 4 is 0 Å². The monoisotopic (exact) mass is 207 g/mol. The molecule has 0 aliphatic carbocycles. The van der Waals surface area contributed by atoms with E-state index >= 15 is 0 Å². The summed E-state index contributed by atoms with van der Waals surface area (Å²) < 4.78 is 1.85. The van der Waals surface area contributed by atoms with Gasteiger partial charge in [0.25, 0.3) is 0 Å². The molecule has 0 saturated carbocycles. The van der Waals surface area contributed by atoms with Crippen molar-refractivity contribution < 1.29 is 0 Å². The van der Waals surface area contributed by atoms with E-state index in [1.165, 1.54) is 0 Å². The highest BCUT2D eigenvalue weighted by atomic mass is 15.3. The zero-order valence-corrected chi connectivity index (χ0v) is 9.49. The maximum absolute atomic E-state index is 8.74. The van der Waals surface area contributed by atoms with Crippen LogP contribution < -0.4 is 5.73 Å². The van der Waals surface area contributed by atoms with Crippen LogP contribution in [0.25, 0.3) is 0 Å². The largest absolute Gasteiger partial charge is 0.314 e. The molecule has 82 valence electrons. The van der Waals surface area contributed by atoms with Gasteiger partial charge in [-0.05, 0) is 33.6 Å². The van der Waals surface area contributed by atoms with E-state index in [-0.39, 0.29) is 0 Å². The minimum atomic E-state index is -0.733. The molecule has 1 unspecified atom stereocenters. The van der Waals surface area contributed by atoms with Crippen LogP contribution >= 0.6 is 0 Å². The molecule has 5 nitrogen and oxygen atoms in total. The van der Waals surface area contributed by atoms with Crippen molar-refractivity contribution in [2.24, 2.45) is 5.73 Å². The van der Waals surface area contributed by atoms with Crippen molar-refractivity contribution in [1.82, 2.24) is 14.8 Å². The molecule has 1 heterocycles. The van der Waals surface area contributed by atoms with Gasteiger partial charge in [0.15, 0.2) is 0 Å². The van der Waals surface area contributed by atoms with Crippen LogP contribution in [0.5, 0.6) is 0 Å². The Bertz CT molecular complexity index is 372. The van der Waals surface area contributed by atoms with Crippen LogP contribution in [0.4, 0.5) is 0 Å². The Kier molecular flexibility index (Phi) is 3.43. The van der Waals surface area contributed by atoms with Crippen molar-refractivity contribution in [3.05, 3.63) is 11.6 Å². The predicted octanol–water partition coefficient (Wildman–Crippen LogP) is 0.916. The SMILES string of the molecule is Cc1nc(C)n(CCCC(C)(N)C#N)n1. The maximum atomic E-state index is 8.74. The van der Waals surface area contributed by atoms with E-state index in [2.05, 4.69) is 16.2 Å². The number of nitrogens with two attached hydrogens (primary N) is 1. The topological polar surface area (TPSA) is 80.5 Å². The molecule has 0 bridgehead atoms. The average molecular weight is 207 g/mol. The summed E-state index contributed by atoms with van der Waals surface area (Å²) in [5, 5.41) is 13.0. The summed E-state index contributed by atoms with van der Waals surface area (Å²) in [7, 11) is 0. The van der Waals surface area contributed by atoms with Gasteiger partial charge in [-0.1, -0.05) is 0 Å². The van der Waals surface area contributed by atoms with Crippen LogP contribution in [0.15, 0.2) is 0 Å². The molecule has 0 aromatic carbocycles. The predicted molar refractivity (Wildman–Crippen MR) is 56.9 cm³/mol. The number of aromatic nitrogens is 3. The van der Waals surface area contributed by atoms with Gasteiger partial charge in [-0.2, -0.15) is 10.4 Å².